The molecule has 2 aromatic carbocycles. The quantitative estimate of drug-likeness (QED) is 0.471. The van der Waals surface area contributed by atoms with Gasteiger partial charge in [0.1, 0.15) is 23.5 Å². The smallest absolute Gasteiger partial charge is 0.310 e. The molecule has 0 fully saturated rings. The predicted molar refractivity (Wildman–Crippen MR) is 122 cm³/mol. The highest BCUT2D eigenvalue weighted by Crippen LogP contribution is 2.10. The monoisotopic (exact) mass is 464 g/mol. The van der Waals surface area contributed by atoms with Crippen molar-refractivity contribution in [3.63, 3.8) is 0 Å². The lowest BCUT2D eigenvalue weighted by molar-refractivity contribution is -0.142. The van der Waals surface area contributed by atoms with E-state index >= 15 is 0 Å². The summed E-state index contributed by atoms with van der Waals surface area (Å²) in [6.07, 6.45) is 1.34. The molecule has 0 spiro atoms. The van der Waals surface area contributed by atoms with Crippen molar-refractivity contribution in [3.8, 4) is 0 Å². The molecule has 0 radical (unpaired) electrons. The van der Waals surface area contributed by atoms with Crippen LogP contribution in [0, 0.1) is 12.7 Å². The highest BCUT2D eigenvalue weighted by molar-refractivity contribution is 5.97. The molecule has 0 aliphatic rings. The van der Waals surface area contributed by atoms with Gasteiger partial charge in [-0.2, -0.15) is 0 Å². The first kappa shape index (κ1) is 24.5. The van der Waals surface area contributed by atoms with Gasteiger partial charge in [-0.3, -0.25) is 14.4 Å². The Morgan fingerprint density at radius 3 is 2.00 bits per heavy atom. The lowest BCUT2D eigenvalue weighted by Crippen LogP contribution is -2.27. The molecule has 2 N–H and O–H groups in total. The van der Waals surface area contributed by atoms with Gasteiger partial charge in [0.2, 0.25) is 0 Å². The summed E-state index contributed by atoms with van der Waals surface area (Å²) in [5.41, 5.74) is 2.98. The summed E-state index contributed by atoms with van der Waals surface area (Å²) < 4.78 is 18.3. The van der Waals surface area contributed by atoms with Crippen LogP contribution >= 0.6 is 0 Å². The van der Waals surface area contributed by atoms with E-state index in [1.165, 1.54) is 12.1 Å². The normalized spacial score (nSPS) is 10.4. The Morgan fingerprint density at radius 1 is 0.853 bits per heavy atom. The van der Waals surface area contributed by atoms with Crippen LogP contribution < -0.4 is 10.6 Å². The number of nitrogens with one attached hydrogen (secondary N) is 2. The summed E-state index contributed by atoms with van der Waals surface area (Å²) >= 11 is 0. The van der Waals surface area contributed by atoms with Crippen molar-refractivity contribution in [1.29, 1.82) is 0 Å². The number of hydrogen-bond acceptors (Lipinski definition) is 6. The van der Waals surface area contributed by atoms with Crippen molar-refractivity contribution in [2.24, 2.45) is 0 Å². The van der Waals surface area contributed by atoms with Gasteiger partial charge in [0.05, 0.1) is 13.0 Å². The molecule has 0 atom stereocenters. The molecule has 0 unspecified atom stereocenters. The Balaban J connectivity index is 1.54. The maximum absolute atomic E-state index is 13.4. The van der Waals surface area contributed by atoms with Crippen LogP contribution in [-0.4, -0.2) is 34.4 Å². The molecule has 176 valence electrons. The van der Waals surface area contributed by atoms with E-state index < -0.39 is 11.8 Å². The Morgan fingerprint density at radius 2 is 1.41 bits per heavy atom. The van der Waals surface area contributed by atoms with Gasteiger partial charge < -0.3 is 15.4 Å². The number of amides is 2. The number of halogens is 1. The van der Waals surface area contributed by atoms with Crippen LogP contribution in [0.5, 0.6) is 0 Å². The first-order valence-corrected chi connectivity index (χ1v) is 10.7. The number of esters is 1. The Labute approximate surface area is 196 Å². The van der Waals surface area contributed by atoms with Crippen molar-refractivity contribution >= 4 is 17.8 Å². The fraction of sp³-hybridized carbons (Fsp3) is 0.240. The number of benzene rings is 2. The second-order valence-corrected chi connectivity index (χ2v) is 7.54. The Kier molecular flexibility index (Phi) is 8.39. The Hall–Kier alpha value is -4.14. The molecule has 0 aliphatic heterocycles. The first-order valence-electron chi connectivity index (χ1n) is 10.7. The van der Waals surface area contributed by atoms with E-state index in [4.69, 9.17) is 4.74 Å². The standard InChI is InChI=1S/C25H25FN4O4/c1-3-34-23(31)11-17-4-6-18(7-5-17)13-27-24(32)21-12-22(30-15-29-21)25(33)28-14-19-8-9-20(26)16(2)10-19/h4-10,12,15H,3,11,13-14H2,1-2H3,(H,27,32)(H,28,33). The third-order valence-electron chi connectivity index (χ3n) is 4.94. The van der Waals surface area contributed by atoms with E-state index in [0.29, 0.717) is 12.2 Å². The molecule has 34 heavy (non-hydrogen) atoms. The highest BCUT2D eigenvalue weighted by atomic mass is 19.1. The Bertz CT molecular complexity index is 1180. The summed E-state index contributed by atoms with van der Waals surface area (Å²) in [5, 5.41) is 5.44. The van der Waals surface area contributed by atoms with Gasteiger partial charge in [-0.15, -0.1) is 0 Å². The largest absolute Gasteiger partial charge is 0.466 e. The van der Waals surface area contributed by atoms with Crippen LogP contribution in [0.25, 0.3) is 0 Å². The average molecular weight is 464 g/mol. The minimum Gasteiger partial charge on any atom is -0.466 e. The number of nitrogens with zero attached hydrogens (tertiary/aromatic N) is 2. The van der Waals surface area contributed by atoms with Crippen molar-refractivity contribution in [2.45, 2.75) is 33.4 Å². The number of ether oxygens (including phenoxy) is 1. The van der Waals surface area contributed by atoms with Crippen LogP contribution in [0.4, 0.5) is 4.39 Å². The summed E-state index contributed by atoms with van der Waals surface area (Å²) in [6.45, 7) is 4.17. The van der Waals surface area contributed by atoms with Gasteiger partial charge in [0.15, 0.2) is 0 Å². The molecule has 2 amide bonds. The highest BCUT2D eigenvalue weighted by Gasteiger charge is 2.13. The van der Waals surface area contributed by atoms with E-state index in [-0.39, 0.29) is 42.7 Å². The second-order valence-electron chi connectivity index (χ2n) is 7.54. The zero-order valence-corrected chi connectivity index (χ0v) is 18.9. The third kappa shape index (κ3) is 6.93. The molecule has 9 heteroatoms. The molecule has 0 bridgehead atoms. The maximum Gasteiger partial charge on any atom is 0.310 e. The lowest BCUT2D eigenvalue weighted by atomic mass is 10.1. The average Bonchev–Trinajstić information content (AvgIpc) is 2.84. The number of hydrogen-bond donors (Lipinski definition) is 2. The molecule has 0 saturated carbocycles. The van der Waals surface area contributed by atoms with Crippen molar-refractivity contribution < 1.29 is 23.5 Å². The maximum atomic E-state index is 13.4. The fourth-order valence-corrected chi connectivity index (χ4v) is 3.12. The van der Waals surface area contributed by atoms with E-state index in [1.807, 2.05) is 12.1 Å². The van der Waals surface area contributed by atoms with Crippen LogP contribution in [0.1, 0.15) is 50.2 Å². The van der Waals surface area contributed by atoms with Crippen molar-refractivity contribution in [1.82, 2.24) is 20.6 Å². The van der Waals surface area contributed by atoms with Gasteiger partial charge in [0.25, 0.3) is 11.8 Å². The van der Waals surface area contributed by atoms with Crippen LogP contribution in [0.15, 0.2) is 54.9 Å². The van der Waals surface area contributed by atoms with Gasteiger partial charge in [0, 0.05) is 19.2 Å². The molecule has 0 saturated heterocycles. The number of carbonyl (C=O) groups is 3. The summed E-state index contributed by atoms with van der Waals surface area (Å²) in [6, 6.07) is 13.1. The van der Waals surface area contributed by atoms with Gasteiger partial charge >= 0.3 is 5.97 Å². The van der Waals surface area contributed by atoms with Crippen molar-refractivity contribution in [3.05, 3.63) is 94.3 Å². The summed E-state index contributed by atoms with van der Waals surface area (Å²) in [5.74, 6) is -1.54. The van der Waals surface area contributed by atoms with Gasteiger partial charge in [-0.1, -0.05) is 36.4 Å². The molecule has 3 rings (SSSR count). The first-order chi connectivity index (χ1) is 16.4. The second kappa shape index (κ2) is 11.6. The number of aromatic nitrogens is 2. The van der Waals surface area contributed by atoms with E-state index in [1.54, 1.807) is 38.1 Å². The lowest BCUT2D eigenvalue weighted by Gasteiger charge is -2.08. The number of carbonyl (C=O) groups excluding carboxylic acids is 3. The van der Waals surface area contributed by atoms with E-state index in [0.717, 1.165) is 23.0 Å². The van der Waals surface area contributed by atoms with Crippen LogP contribution in [0.3, 0.4) is 0 Å². The van der Waals surface area contributed by atoms with Gasteiger partial charge in [-0.25, -0.2) is 14.4 Å². The third-order valence-corrected chi connectivity index (χ3v) is 4.94. The molecule has 3 aromatic rings. The zero-order valence-electron chi connectivity index (χ0n) is 18.9. The van der Waals surface area contributed by atoms with E-state index in [9.17, 15) is 18.8 Å². The molecule has 8 nitrogen and oxygen atoms in total. The minimum atomic E-state index is -0.476. The number of aryl methyl sites for hydroxylation is 1. The van der Waals surface area contributed by atoms with Crippen LogP contribution in [-0.2, 0) is 29.0 Å². The predicted octanol–water partition coefficient (Wildman–Crippen LogP) is 2.89. The topological polar surface area (TPSA) is 110 Å². The number of rotatable bonds is 9. The molecular formula is C25H25FN4O4. The summed E-state index contributed by atoms with van der Waals surface area (Å²) in [7, 11) is 0. The summed E-state index contributed by atoms with van der Waals surface area (Å²) in [4.78, 5) is 44.4. The van der Waals surface area contributed by atoms with E-state index in [2.05, 4.69) is 20.6 Å². The van der Waals surface area contributed by atoms with Crippen LogP contribution in [0.2, 0.25) is 0 Å². The zero-order chi connectivity index (χ0) is 24.5. The fourth-order valence-electron chi connectivity index (χ4n) is 3.12. The molecule has 1 heterocycles. The SMILES string of the molecule is CCOC(=O)Cc1ccc(CNC(=O)c2cc(C(=O)NCc3ccc(F)c(C)c3)ncn2)cc1. The molecule has 0 aliphatic carbocycles. The minimum absolute atomic E-state index is 0.0438. The van der Waals surface area contributed by atoms with Gasteiger partial charge in [-0.05, 0) is 42.2 Å². The van der Waals surface area contributed by atoms with Crippen molar-refractivity contribution in [2.75, 3.05) is 6.61 Å². The molecule has 1 aromatic heterocycles. The molecular weight excluding hydrogens is 439 g/mol.